The molecule has 200 valence electrons. The van der Waals surface area contributed by atoms with Crippen molar-refractivity contribution in [3.63, 3.8) is 0 Å². The van der Waals surface area contributed by atoms with Gasteiger partial charge in [0.25, 0.3) is 0 Å². The van der Waals surface area contributed by atoms with Crippen molar-refractivity contribution in [2.45, 2.75) is 0 Å². The molecular formula is C24H48N4O6. The van der Waals surface area contributed by atoms with Gasteiger partial charge in [-0.1, -0.05) is 0 Å². The normalized spacial score (nSPS) is 33.9. The Balaban J connectivity index is 1.53. The van der Waals surface area contributed by atoms with E-state index >= 15 is 0 Å². The molecule has 0 aromatic heterocycles. The molecule has 6 heterocycles. The van der Waals surface area contributed by atoms with E-state index in [1.54, 1.807) is 0 Å². The quantitative estimate of drug-likeness (QED) is 0.439. The van der Waals surface area contributed by atoms with Crippen LogP contribution in [0.15, 0.2) is 0 Å². The molecule has 0 N–H and O–H groups in total. The number of rotatable bonds is 0. The molecule has 0 atom stereocenters. The second kappa shape index (κ2) is 18.8. The summed E-state index contributed by atoms with van der Waals surface area (Å²) in [6.07, 6.45) is 0. The van der Waals surface area contributed by atoms with Crippen molar-refractivity contribution in [1.82, 2.24) is 19.6 Å². The van der Waals surface area contributed by atoms with Crippen molar-refractivity contribution in [3.8, 4) is 0 Å². The van der Waals surface area contributed by atoms with Gasteiger partial charge in [0.2, 0.25) is 0 Å². The third-order valence-corrected chi connectivity index (χ3v) is 6.62. The molecule has 0 aliphatic carbocycles. The van der Waals surface area contributed by atoms with Crippen LogP contribution < -0.4 is 0 Å². The standard InChI is InChI=1S/C24H48N4O6/c1-13-29-15-3-26-4-16-30-14-2-25(1)9-21-33-22-10-27-5-17-31-19-7-28(8-20-32-18-6-27)12-24-34-23-11-26/h1-24H2. The fourth-order valence-electron chi connectivity index (χ4n) is 4.28. The van der Waals surface area contributed by atoms with E-state index < -0.39 is 0 Å². The van der Waals surface area contributed by atoms with Gasteiger partial charge in [-0.2, -0.15) is 0 Å². The molecule has 0 aromatic rings. The Labute approximate surface area is 206 Å². The van der Waals surface area contributed by atoms with Crippen LogP contribution in [0, 0.1) is 0 Å². The maximum absolute atomic E-state index is 5.99. The van der Waals surface area contributed by atoms with Crippen LogP contribution in [0.3, 0.4) is 0 Å². The van der Waals surface area contributed by atoms with Crippen molar-refractivity contribution in [1.29, 1.82) is 0 Å². The van der Waals surface area contributed by atoms with Crippen molar-refractivity contribution >= 4 is 0 Å². The highest BCUT2D eigenvalue weighted by Gasteiger charge is 2.12. The molecule has 4 bridgehead atoms. The fraction of sp³-hybridized carbons (Fsp3) is 1.00. The van der Waals surface area contributed by atoms with Gasteiger partial charge in [0.1, 0.15) is 0 Å². The van der Waals surface area contributed by atoms with Gasteiger partial charge in [-0.15, -0.1) is 0 Å². The summed E-state index contributed by atoms with van der Waals surface area (Å²) in [6.45, 7) is 19.7. The zero-order valence-corrected chi connectivity index (χ0v) is 21.2. The predicted octanol–water partition coefficient (Wildman–Crippen LogP) is -0.665. The lowest BCUT2D eigenvalue weighted by Gasteiger charge is -2.27. The topological polar surface area (TPSA) is 68.3 Å². The Morgan fingerprint density at radius 1 is 0.206 bits per heavy atom. The Morgan fingerprint density at radius 3 is 0.441 bits per heavy atom. The van der Waals surface area contributed by atoms with Crippen LogP contribution in [0.5, 0.6) is 0 Å². The van der Waals surface area contributed by atoms with Gasteiger partial charge >= 0.3 is 0 Å². The van der Waals surface area contributed by atoms with Gasteiger partial charge in [0, 0.05) is 78.5 Å². The van der Waals surface area contributed by atoms with Gasteiger partial charge in [0.05, 0.1) is 79.3 Å². The van der Waals surface area contributed by atoms with E-state index in [2.05, 4.69) is 19.6 Å². The lowest BCUT2D eigenvalue weighted by Crippen LogP contribution is -2.40. The molecule has 10 heteroatoms. The molecule has 6 aliphatic heterocycles. The molecule has 6 fully saturated rings. The molecule has 6 rings (SSSR count). The van der Waals surface area contributed by atoms with E-state index in [-0.39, 0.29) is 0 Å². The number of ether oxygens (including phenoxy) is 6. The van der Waals surface area contributed by atoms with Gasteiger partial charge < -0.3 is 28.4 Å². The SMILES string of the molecule is C1CN2CCOCCN(CCO1)CCOCCN1CCOCCN(CCOCC1)CCOCC2. The van der Waals surface area contributed by atoms with Crippen LogP contribution in [0.1, 0.15) is 0 Å². The van der Waals surface area contributed by atoms with Gasteiger partial charge in [-0.05, 0) is 0 Å². The van der Waals surface area contributed by atoms with Crippen LogP contribution in [-0.4, -0.2) is 177 Å². The predicted molar refractivity (Wildman–Crippen MR) is 131 cm³/mol. The first-order valence-corrected chi connectivity index (χ1v) is 13.3. The second-order valence-electron chi connectivity index (χ2n) is 9.04. The number of hydrogen-bond acceptors (Lipinski definition) is 10. The summed E-state index contributed by atoms with van der Waals surface area (Å²) in [5.41, 5.74) is 0. The summed E-state index contributed by atoms with van der Waals surface area (Å²) in [7, 11) is 0. The van der Waals surface area contributed by atoms with Crippen LogP contribution in [0.4, 0.5) is 0 Å². The summed E-state index contributed by atoms with van der Waals surface area (Å²) < 4.78 is 35.7. The van der Waals surface area contributed by atoms with Crippen LogP contribution in [0.25, 0.3) is 0 Å². The van der Waals surface area contributed by atoms with E-state index in [4.69, 9.17) is 28.4 Å². The third-order valence-electron chi connectivity index (χ3n) is 6.62. The highest BCUT2D eigenvalue weighted by molar-refractivity contribution is 4.64. The van der Waals surface area contributed by atoms with E-state index in [1.807, 2.05) is 0 Å². The molecular weight excluding hydrogens is 440 g/mol. The number of nitrogens with zero attached hydrogens (tertiary/aromatic N) is 4. The highest BCUT2D eigenvalue weighted by atomic mass is 16.5. The van der Waals surface area contributed by atoms with E-state index in [9.17, 15) is 0 Å². The van der Waals surface area contributed by atoms with Crippen molar-refractivity contribution in [2.75, 3.05) is 158 Å². The molecule has 6 saturated heterocycles. The maximum Gasteiger partial charge on any atom is 0.0594 e. The smallest absolute Gasteiger partial charge is 0.0594 e. The average Bonchev–Trinajstić information content (AvgIpc) is 2.82. The minimum absolute atomic E-state index is 0.727. The molecule has 0 saturated carbocycles. The fourth-order valence-corrected chi connectivity index (χ4v) is 4.28. The Bertz CT molecular complexity index is 386. The maximum atomic E-state index is 5.99. The van der Waals surface area contributed by atoms with E-state index in [0.29, 0.717) is 0 Å². The molecule has 0 amide bonds. The summed E-state index contributed by atoms with van der Waals surface area (Å²) >= 11 is 0. The summed E-state index contributed by atoms with van der Waals surface area (Å²) in [4.78, 5) is 9.53. The van der Waals surface area contributed by atoms with Crippen molar-refractivity contribution < 1.29 is 28.4 Å². The Morgan fingerprint density at radius 2 is 0.324 bits per heavy atom. The van der Waals surface area contributed by atoms with Gasteiger partial charge in [-0.25, -0.2) is 0 Å². The van der Waals surface area contributed by atoms with E-state index in [0.717, 1.165) is 158 Å². The van der Waals surface area contributed by atoms with Crippen LogP contribution >= 0.6 is 0 Å². The molecule has 6 aliphatic rings. The summed E-state index contributed by atoms with van der Waals surface area (Å²) in [5.74, 6) is 0. The average molecular weight is 489 g/mol. The van der Waals surface area contributed by atoms with Gasteiger partial charge in [-0.3, -0.25) is 19.6 Å². The first-order valence-electron chi connectivity index (χ1n) is 13.3. The first-order chi connectivity index (χ1) is 16.9. The molecule has 0 aromatic carbocycles. The zero-order valence-electron chi connectivity index (χ0n) is 21.2. The summed E-state index contributed by atoms with van der Waals surface area (Å²) in [6, 6.07) is 0. The van der Waals surface area contributed by atoms with Gasteiger partial charge in [0.15, 0.2) is 0 Å². The molecule has 0 radical (unpaired) electrons. The first kappa shape index (κ1) is 28.2. The van der Waals surface area contributed by atoms with Crippen LogP contribution in [0.2, 0.25) is 0 Å². The minimum atomic E-state index is 0.727. The van der Waals surface area contributed by atoms with E-state index in [1.165, 1.54) is 0 Å². The largest absolute Gasteiger partial charge is 0.379 e. The second-order valence-corrected chi connectivity index (χ2v) is 9.04. The van der Waals surface area contributed by atoms with Crippen LogP contribution in [-0.2, 0) is 28.4 Å². The van der Waals surface area contributed by atoms with Crippen molar-refractivity contribution in [3.05, 3.63) is 0 Å². The Kier molecular flexibility index (Phi) is 15.6. The molecule has 0 unspecified atom stereocenters. The minimum Gasteiger partial charge on any atom is -0.379 e. The third kappa shape index (κ3) is 13.1. The molecule has 34 heavy (non-hydrogen) atoms. The molecule has 0 spiro atoms. The molecule has 10 nitrogen and oxygen atoms in total. The highest BCUT2D eigenvalue weighted by Crippen LogP contribution is 1.99. The Hall–Kier alpha value is -0.400. The monoisotopic (exact) mass is 488 g/mol. The summed E-state index contributed by atoms with van der Waals surface area (Å²) in [5, 5.41) is 0. The lowest BCUT2D eigenvalue weighted by molar-refractivity contribution is 0.00554. The number of hydrogen-bond donors (Lipinski definition) is 0. The van der Waals surface area contributed by atoms with Crippen molar-refractivity contribution in [2.24, 2.45) is 0 Å². The lowest BCUT2D eigenvalue weighted by atomic mass is 10.4. The zero-order chi connectivity index (χ0) is 23.5.